The lowest BCUT2D eigenvalue weighted by Crippen LogP contribution is -2.73. The Morgan fingerprint density at radius 1 is 1.09 bits per heavy atom. The lowest BCUT2D eigenvalue weighted by atomic mass is 9.68. The molecule has 1 atom stereocenters. The van der Waals surface area contributed by atoms with Crippen molar-refractivity contribution in [3.63, 3.8) is 0 Å². The average Bonchev–Trinajstić information content (AvgIpc) is 3.23. The number of nitrogens with one attached hydrogen (secondary N) is 2. The zero-order valence-electron chi connectivity index (χ0n) is 18.1. The zero-order valence-corrected chi connectivity index (χ0v) is 18.1. The molecule has 0 aliphatic carbocycles. The quantitative estimate of drug-likeness (QED) is 0.650. The van der Waals surface area contributed by atoms with Gasteiger partial charge in [-0.3, -0.25) is 25.1 Å². The topological polar surface area (TPSA) is 117 Å². The van der Waals surface area contributed by atoms with Crippen LogP contribution in [0.5, 0.6) is 0 Å². The summed E-state index contributed by atoms with van der Waals surface area (Å²) in [6.07, 6.45) is -0.351. The Morgan fingerprint density at radius 2 is 1.79 bits per heavy atom. The van der Waals surface area contributed by atoms with Crippen LogP contribution in [0.15, 0.2) is 24.8 Å². The third kappa shape index (κ3) is 3.74. The number of carbonyl (C=O) groups excluding carboxylic acids is 4. The van der Waals surface area contributed by atoms with Gasteiger partial charge >= 0.3 is 12.1 Å². The van der Waals surface area contributed by atoms with Crippen LogP contribution < -0.4 is 15.5 Å². The molecule has 1 aromatic carbocycles. The number of fused-ring (bicyclic) bond motifs is 4. The summed E-state index contributed by atoms with van der Waals surface area (Å²) in [6.45, 7) is 9.90. The van der Waals surface area contributed by atoms with E-state index in [1.165, 1.54) is 4.90 Å². The number of anilines is 1. The molecule has 33 heavy (non-hydrogen) atoms. The highest BCUT2D eigenvalue weighted by Gasteiger charge is 2.60. The van der Waals surface area contributed by atoms with Crippen molar-refractivity contribution >= 4 is 35.3 Å². The van der Waals surface area contributed by atoms with Crippen LogP contribution in [-0.2, 0) is 25.5 Å². The normalized spacial score (nSPS) is 22.7. The van der Waals surface area contributed by atoms with E-state index in [4.69, 9.17) is 9.47 Å². The first-order valence-electron chi connectivity index (χ1n) is 10.7. The SMILES string of the molecule is C.C=C(c1ccc2c(c1)CC1(C(=O)NC(=O)NC1=O)C1COCCN21)N1CCOC1=O.CC. The van der Waals surface area contributed by atoms with Crippen LogP contribution in [0.2, 0.25) is 0 Å². The van der Waals surface area contributed by atoms with Gasteiger partial charge in [-0.2, -0.15) is 0 Å². The van der Waals surface area contributed by atoms with Gasteiger partial charge in [0.2, 0.25) is 11.8 Å². The molecule has 3 saturated heterocycles. The predicted molar refractivity (Wildman–Crippen MR) is 121 cm³/mol. The minimum Gasteiger partial charge on any atom is -0.447 e. The summed E-state index contributed by atoms with van der Waals surface area (Å²) in [6, 6.07) is 4.26. The molecule has 4 aliphatic rings. The number of imide groups is 2. The number of hydrogen-bond donors (Lipinski definition) is 2. The molecule has 10 nitrogen and oxygen atoms in total. The number of barbiturate groups is 1. The highest BCUT2D eigenvalue weighted by atomic mass is 16.6. The van der Waals surface area contributed by atoms with E-state index in [0.29, 0.717) is 37.6 Å². The highest BCUT2D eigenvalue weighted by molar-refractivity contribution is 6.20. The maximum absolute atomic E-state index is 13.0. The summed E-state index contributed by atoms with van der Waals surface area (Å²) < 4.78 is 10.6. The van der Waals surface area contributed by atoms with Gasteiger partial charge in [0.15, 0.2) is 5.41 Å². The second-order valence-electron chi connectivity index (χ2n) is 7.73. The molecule has 0 bridgehead atoms. The molecule has 5 rings (SSSR count). The fourth-order valence-electron chi connectivity index (χ4n) is 4.73. The smallest absolute Gasteiger partial charge is 0.414 e. The van der Waals surface area contributed by atoms with E-state index >= 15 is 0 Å². The summed E-state index contributed by atoms with van der Waals surface area (Å²) >= 11 is 0. The first-order chi connectivity index (χ1) is 15.4. The zero-order chi connectivity index (χ0) is 23.0. The standard InChI is InChI=1S/C20H20N4O6.C2H6.CH4/c1-11(23-5-7-30-19(23)28)12-2-3-14-13(8-12)9-20(15-10-29-6-4-24(14)15)16(25)21-18(27)22-17(20)26;1-2;/h2-3,8,15H,1,4-7,9-10H2,(H2,21,22,25,26,27);1-2H3;1H4. The highest BCUT2D eigenvalue weighted by Crippen LogP contribution is 2.44. The second kappa shape index (κ2) is 9.22. The number of urea groups is 1. The van der Waals surface area contributed by atoms with E-state index < -0.39 is 35.4 Å². The molecule has 0 aromatic heterocycles. The molecule has 2 N–H and O–H groups in total. The van der Waals surface area contributed by atoms with Crippen molar-refractivity contribution in [2.24, 2.45) is 5.41 Å². The van der Waals surface area contributed by atoms with Crippen molar-refractivity contribution in [3.05, 3.63) is 35.9 Å². The van der Waals surface area contributed by atoms with Gasteiger partial charge in [0.25, 0.3) is 0 Å². The number of rotatable bonds is 2. The number of benzene rings is 1. The van der Waals surface area contributed by atoms with Crippen LogP contribution >= 0.6 is 0 Å². The van der Waals surface area contributed by atoms with E-state index in [9.17, 15) is 19.2 Å². The summed E-state index contributed by atoms with van der Waals surface area (Å²) in [5.41, 5.74) is 1.35. The summed E-state index contributed by atoms with van der Waals surface area (Å²) in [7, 11) is 0. The van der Waals surface area contributed by atoms with Crippen molar-refractivity contribution in [1.29, 1.82) is 0 Å². The molecular weight excluding hydrogens is 428 g/mol. The lowest BCUT2D eigenvalue weighted by molar-refractivity contribution is -0.148. The van der Waals surface area contributed by atoms with Crippen molar-refractivity contribution in [1.82, 2.24) is 15.5 Å². The first-order valence-corrected chi connectivity index (χ1v) is 10.7. The number of cyclic esters (lactones) is 1. The van der Waals surface area contributed by atoms with Crippen molar-refractivity contribution < 1.29 is 28.7 Å². The van der Waals surface area contributed by atoms with Gasteiger partial charge in [0.05, 0.1) is 25.8 Å². The molecule has 1 spiro atoms. The van der Waals surface area contributed by atoms with Gasteiger partial charge in [-0.05, 0) is 29.7 Å². The Hall–Kier alpha value is -3.40. The van der Waals surface area contributed by atoms with Gasteiger partial charge in [-0.25, -0.2) is 9.59 Å². The van der Waals surface area contributed by atoms with Crippen molar-refractivity contribution in [2.75, 3.05) is 37.8 Å². The minimum atomic E-state index is -1.49. The van der Waals surface area contributed by atoms with E-state index in [0.717, 1.165) is 11.3 Å². The van der Waals surface area contributed by atoms with Crippen molar-refractivity contribution in [3.8, 4) is 0 Å². The van der Waals surface area contributed by atoms with Crippen LogP contribution in [0.4, 0.5) is 15.3 Å². The molecule has 5 amide bonds. The second-order valence-corrected chi connectivity index (χ2v) is 7.73. The molecule has 3 fully saturated rings. The Balaban J connectivity index is 0.000000994. The number of ether oxygens (including phenoxy) is 2. The van der Waals surface area contributed by atoms with Gasteiger partial charge in [0.1, 0.15) is 6.61 Å². The summed E-state index contributed by atoms with van der Waals surface area (Å²) in [5.74, 6) is -1.26. The minimum absolute atomic E-state index is 0. The molecule has 0 radical (unpaired) electrons. The van der Waals surface area contributed by atoms with Crippen molar-refractivity contribution in [2.45, 2.75) is 33.7 Å². The molecule has 10 heteroatoms. The van der Waals surface area contributed by atoms with Crippen LogP contribution in [0, 0.1) is 5.41 Å². The Kier molecular flexibility index (Phi) is 6.78. The van der Waals surface area contributed by atoms with E-state index in [-0.39, 0.29) is 20.5 Å². The fraction of sp³-hybridized carbons (Fsp3) is 0.478. The third-order valence-corrected chi connectivity index (χ3v) is 6.24. The van der Waals surface area contributed by atoms with E-state index in [2.05, 4.69) is 17.2 Å². The average molecular weight is 459 g/mol. The van der Waals surface area contributed by atoms with Crippen LogP contribution in [0.1, 0.15) is 32.4 Å². The first kappa shape index (κ1) is 24.2. The summed E-state index contributed by atoms with van der Waals surface area (Å²) in [5, 5.41) is 4.49. The maximum atomic E-state index is 13.0. The maximum Gasteiger partial charge on any atom is 0.414 e. The van der Waals surface area contributed by atoms with Gasteiger partial charge < -0.3 is 14.4 Å². The van der Waals surface area contributed by atoms with Gasteiger partial charge in [0, 0.05) is 17.9 Å². The number of hydrogen-bond acceptors (Lipinski definition) is 7. The largest absolute Gasteiger partial charge is 0.447 e. The molecule has 4 aliphatic heterocycles. The Bertz CT molecular complexity index is 987. The predicted octanol–water partition coefficient (Wildman–Crippen LogP) is 1.89. The molecular formula is C23H30N4O6. The van der Waals surface area contributed by atoms with Crippen LogP contribution in [-0.4, -0.2) is 67.8 Å². The third-order valence-electron chi connectivity index (χ3n) is 6.24. The van der Waals surface area contributed by atoms with E-state index in [1.807, 2.05) is 36.9 Å². The van der Waals surface area contributed by atoms with Gasteiger partial charge in [-0.1, -0.05) is 33.9 Å². The molecule has 178 valence electrons. The lowest BCUT2D eigenvalue weighted by Gasteiger charge is -2.51. The van der Waals surface area contributed by atoms with E-state index in [1.54, 1.807) is 0 Å². The number of carbonyl (C=O) groups is 4. The fourth-order valence-corrected chi connectivity index (χ4v) is 4.73. The van der Waals surface area contributed by atoms with Gasteiger partial charge in [-0.15, -0.1) is 0 Å². The Labute approximate surface area is 192 Å². The number of amides is 5. The summed E-state index contributed by atoms with van der Waals surface area (Å²) in [4.78, 5) is 53.0. The van der Waals surface area contributed by atoms with Crippen LogP contribution in [0.25, 0.3) is 5.70 Å². The molecule has 0 saturated carbocycles. The molecule has 1 aromatic rings. The monoisotopic (exact) mass is 458 g/mol. The number of nitrogens with zero attached hydrogens (tertiary/aromatic N) is 2. The van der Waals surface area contributed by atoms with Crippen LogP contribution in [0.3, 0.4) is 0 Å². The number of morpholine rings is 1. The molecule has 4 heterocycles. The molecule has 1 unspecified atom stereocenters. The Morgan fingerprint density at radius 3 is 2.42 bits per heavy atom.